The summed E-state index contributed by atoms with van der Waals surface area (Å²) in [6, 6.07) is 4.89. The minimum atomic E-state index is -0.209. The molecule has 2 aromatic rings. The van der Waals surface area contributed by atoms with Crippen molar-refractivity contribution in [3.8, 4) is 0 Å². The van der Waals surface area contributed by atoms with Crippen LogP contribution < -0.4 is 5.32 Å². The number of halogens is 2. The van der Waals surface area contributed by atoms with Crippen molar-refractivity contribution in [1.29, 1.82) is 0 Å². The van der Waals surface area contributed by atoms with Crippen LogP contribution >= 0.6 is 15.9 Å². The summed E-state index contributed by atoms with van der Waals surface area (Å²) in [5.74, 6) is -0.209. The first kappa shape index (κ1) is 11.1. The second kappa shape index (κ2) is 4.65. The van der Waals surface area contributed by atoms with E-state index in [1.54, 1.807) is 23.0 Å². The summed E-state index contributed by atoms with van der Waals surface area (Å²) < 4.78 is 16.0. The molecule has 0 saturated heterocycles. The molecular weight excluding hydrogens is 273 g/mol. The molecule has 5 heteroatoms. The van der Waals surface area contributed by atoms with E-state index < -0.39 is 0 Å². The predicted octanol–water partition coefficient (Wildman–Crippen LogP) is 2.93. The zero-order chi connectivity index (χ0) is 11.5. The van der Waals surface area contributed by atoms with Gasteiger partial charge in [-0.05, 0) is 18.2 Å². The number of hydrogen-bond acceptors (Lipinski definition) is 2. The molecule has 0 unspecified atom stereocenters. The highest BCUT2D eigenvalue weighted by molar-refractivity contribution is 9.10. The smallest absolute Gasteiger partial charge is 0.128 e. The molecule has 0 radical (unpaired) electrons. The van der Waals surface area contributed by atoms with Gasteiger partial charge in [-0.15, -0.1) is 0 Å². The topological polar surface area (TPSA) is 29.9 Å². The number of aromatic nitrogens is 2. The minimum Gasteiger partial charge on any atom is -0.378 e. The minimum absolute atomic E-state index is 0.209. The van der Waals surface area contributed by atoms with E-state index in [2.05, 4.69) is 26.3 Å². The Kier molecular flexibility index (Phi) is 3.24. The fourth-order valence-electron chi connectivity index (χ4n) is 1.39. The lowest BCUT2D eigenvalue weighted by Crippen LogP contribution is -2.01. The van der Waals surface area contributed by atoms with Crippen LogP contribution in [0.25, 0.3) is 0 Å². The first-order chi connectivity index (χ1) is 7.65. The fourth-order valence-corrected chi connectivity index (χ4v) is 1.80. The van der Waals surface area contributed by atoms with Crippen LogP contribution in [0.4, 0.5) is 10.1 Å². The highest BCUT2D eigenvalue weighted by atomic mass is 79.9. The normalized spacial score (nSPS) is 10.4. The lowest BCUT2D eigenvalue weighted by atomic mass is 10.2. The second-order valence-corrected chi connectivity index (χ2v) is 4.41. The number of benzene rings is 1. The summed E-state index contributed by atoms with van der Waals surface area (Å²) in [5, 5.41) is 7.13. The van der Waals surface area contributed by atoms with Crippen LogP contribution in [0.2, 0.25) is 0 Å². The SMILES string of the molecule is Cn1cc(NCc2cc(Br)ccc2F)cn1. The average Bonchev–Trinajstić information content (AvgIpc) is 2.66. The van der Waals surface area contributed by atoms with Crippen LogP contribution in [0.5, 0.6) is 0 Å². The quantitative estimate of drug-likeness (QED) is 0.939. The molecule has 0 saturated carbocycles. The van der Waals surface area contributed by atoms with Crippen molar-refractivity contribution in [2.45, 2.75) is 6.54 Å². The van der Waals surface area contributed by atoms with Crippen LogP contribution in [0.1, 0.15) is 5.56 Å². The maximum Gasteiger partial charge on any atom is 0.128 e. The maximum absolute atomic E-state index is 13.4. The van der Waals surface area contributed by atoms with E-state index in [0.717, 1.165) is 10.2 Å². The Hall–Kier alpha value is -1.36. The third-order valence-electron chi connectivity index (χ3n) is 2.20. The van der Waals surface area contributed by atoms with Crippen LogP contribution in [0.15, 0.2) is 35.1 Å². The van der Waals surface area contributed by atoms with Gasteiger partial charge in [0, 0.05) is 29.8 Å². The van der Waals surface area contributed by atoms with E-state index in [0.29, 0.717) is 12.1 Å². The fraction of sp³-hybridized carbons (Fsp3) is 0.182. The second-order valence-electron chi connectivity index (χ2n) is 3.49. The summed E-state index contributed by atoms with van der Waals surface area (Å²) in [4.78, 5) is 0. The molecule has 0 atom stereocenters. The molecule has 0 aliphatic rings. The summed E-state index contributed by atoms with van der Waals surface area (Å²) in [7, 11) is 1.84. The number of nitrogens with zero attached hydrogens (tertiary/aromatic N) is 2. The largest absolute Gasteiger partial charge is 0.378 e. The third kappa shape index (κ3) is 2.61. The Morgan fingerprint density at radius 2 is 2.31 bits per heavy atom. The monoisotopic (exact) mass is 283 g/mol. The third-order valence-corrected chi connectivity index (χ3v) is 2.69. The van der Waals surface area contributed by atoms with E-state index in [9.17, 15) is 4.39 Å². The molecule has 0 fully saturated rings. The van der Waals surface area contributed by atoms with Crippen molar-refractivity contribution in [2.24, 2.45) is 7.05 Å². The maximum atomic E-state index is 13.4. The van der Waals surface area contributed by atoms with E-state index >= 15 is 0 Å². The molecule has 0 bridgehead atoms. The Morgan fingerprint density at radius 3 is 3.00 bits per heavy atom. The first-order valence-electron chi connectivity index (χ1n) is 4.81. The average molecular weight is 284 g/mol. The van der Waals surface area contributed by atoms with Crippen LogP contribution in [-0.4, -0.2) is 9.78 Å². The number of rotatable bonds is 3. The molecular formula is C11H11BrFN3. The van der Waals surface area contributed by atoms with Gasteiger partial charge in [-0.2, -0.15) is 5.10 Å². The molecule has 2 rings (SSSR count). The van der Waals surface area contributed by atoms with Gasteiger partial charge in [0.25, 0.3) is 0 Å². The summed E-state index contributed by atoms with van der Waals surface area (Å²) >= 11 is 3.32. The Balaban J connectivity index is 2.07. The molecule has 16 heavy (non-hydrogen) atoms. The van der Waals surface area contributed by atoms with Crippen molar-refractivity contribution in [1.82, 2.24) is 9.78 Å². The Labute approximate surface area is 101 Å². The van der Waals surface area contributed by atoms with Crippen molar-refractivity contribution < 1.29 is 4.39 Å². The zero-order valence-corrected chi connectivity index (χ0v) is 10.3. The Bertz CT molecular complexity index is 496. The van der Waals surface area contributed by atoms with Gasteiger partial charge in [0.2, 0.25) is 0 Å². The summed E-state index contributed by atoms with van der Waals surface area (Å²) in [6.45, 7) is 0.441. The van der Waals surface area contributed by atoms with Gasteiger partial charge in [-0.1, -0.05) is 15.9 Å². The highest BCUT2D eigenvalue weighted by Crippen LogP contribution is 2.16. The van der Waals surface area contributed by atoms with Crippen molar-refractivity contribution in [3.05, 3.63) is 46.4 Å². The molecule has 1 N–H and O–H groups in total. The number of anilines is 1. The van der Waals surface area contributed by atoms with Crippen molar-refractivity contribution in [3.63, 3.8) is 0 Å². The van der Waals surface area contributed by atoms with Crippen LogP contribution in [0, 0.1) is 5.82 Å². The van der Waals surface area contributed by atoms with Gasteiger partial charge in [-0.3, -0.25) is 4.68 Å². The lowest BCUT2D eigenvalue weighted by molar-refractivity contribution is 0.612. The van der Waals surface area contributed by atoms with Gasteiger partial charge < -0.3 is 5.32 Å². The molecule has 0 spiro atoms. The standard InChI is InChI=1S/C11H11BrFN3/c1-16-7-10(6-15-16)14-5-8-4-9(12)2-3-11(8)13/h2-4,6-7,14H,5H2,1H3. The van der Waals surface area contributed by atoms with Crippen molar-refractivity contribution >= 4 is 21.6 Å². The summed E-state index contributed by atoms with van der Waals surface area (Å²) in [6.07, 6.45) is 3.55. The first-order valence-corrected chi connectivity index (χ1v) is 5.61. The van der Waals surface area contributed by atoms with E-state index in [1.807, 2.05) is 13.2 Å². The van der Waals surface area contributed by atoms with Crippen LogP contribution in [-0.2, 0) is 13.6 Å². The zero-order valence-electron chi connectivity index (χ0n) is 8.74. The molecule has 1 aromatic carbocycles. The lowest BCUT2D eigenvalue weighted by Gasteiger charge is -2.05. The van der Waals surface area contributed by atoms with Gasteiger partial charge in [0.05, 0.1) is 11.9 Å². The predicted molar refractivity (Wildman–Crippen MR) is 64.6 cm³/mol. The molecule has 1 aromatic heterocycles. The molecule has 0 aliphatic heterocycles. The molecule has 1 heterocycles. The van der Waals surface area contributed by atoms with E-state index in [4.69, 9.17) is 0 Å². The number of aryl methyl sites for hydroxylation is 1. The van der Waals surface area contributed by atoms with Gasteiger partial charge in [-0.25, -0.2) is 4.39 Å². The Morgan fingerprint density at radius 1 is 1.50 bits per heavy atom. The summed E-state index contributed by atoms with van der Waals surface area (Å²) in [5.41, 5.74) is 1.50. The van der Waals surface area contributed by atoms with Crippen LogP contribution in [0.3, 0.4) is 0 Å². The molecule has 0 amide bonds. The van der Waals surface area contributed by atoms with Gasteiger partial charge >= 0.3 is 0 Å². The number of hydrogen-bond donors (Lipinski definition) is 1. The molecule has 84 valence electrons. The number of nitrogens with one attached hydrogen (secondary N) is 1. The van der Waals surface area contributed by atoms with Gasteiger partial charge in [0.1, 0.15) is 5.82 Å². The van der Waals surface area contributed by atoms with Gasteiger partial charge in [0.15, 0.2) is 0 Å². The van der Waals surface area contributed by atoms with E-state index in [1.165, 1.54) is 6.07 Å². The van der Waals surface area contributed by atoms with Crippen molar-refractivity contribution in [2.75, 3.05) is 5.32 Å². The highest BCUT2D eigenvalue weighted by Gasteiger charge is 2.03. The van der Waals surface area contributed by atoms with E-state index in [-0.39, 0.29) is 5.82 Å². The molecule has 0 aliphatic carbocycles. The molecule has 3 nitrogen and oxygen atoms in total.